The summed E-state index contributed by atoms with van der Waals surface area (Å²) in [5.41, 5.74) is 3.13. The Bertz CT molecular complexity index is 1170. The van der Waals surface area contributed by atoms with E-state index < -0.39 is 0 Å². The Kier molecular flexibility index (Phi) is 5.25. The number of rotatable bonds is 7. The largest absolute Gasteiger partial charge is 0.495 e. The average molecular weight is 407 g/mol. The number of hydrogen-bond acceptors (Lipinski definition) is 8. The number of methoxy groups -OCH3 is 4. The summed E-state index contributed by atoms with van der Waals surface area (Å²) in [4.78, 5) is 13.2. The molecule has 1 aromatic carbocycles. The Hall–Kier alpha value is -4.01. The summed E-state index contributed by atoms with van der Waals surface area (Å²) in [6.45, 7) is 0. The Morgan fingerprint density at radius 3 is 2.27 bits per heavy atom. The summed E-state index contributed by atoms with van der Waals surface area (Å²) in [5, 5.41) is 3.28. The first-order chi connectivity index (χ1) is 14.7. The van der Waals surface area contributed by atoms with Crippen LogP contribution in [0.3, 0.4) is 0 Å². The second-order valence-corrected chi connectivity index (χ2v) is 6.27. The maximum atomic E-state index is 5.42. The molecular weight excluding hydrogens is 386 g/mol. The molecule has 0 saturated carbocycles. The zero-order chi connectivity index (χ0) is 21.1. The van der Waals surface area contributed by atoms with Crippen molar-refractivity contribution < 1.29 is 18.9 Å². The van der Waals surface area contributed by atoms with Crippen LogP contribution in [0.4, 0.5) is 11.5 Å². The van der Waals surface area contributed by atoms with E-state index in [1.807, 2.05) is 28.8 Å². The van der Waals surface area contributed by atoms with Gasteiger partial charge in [-0.3, -0.25) is 9.38 Å². The molecule has 9 heteroatoms. The van der Waals surface area contributed by atoms with E-state index in [0.717, 1.165) is 16.9 Å². The summed E-state index contributed by atoms with van der Waals surface area (Å²) in [7, 11) is 6.32. The summed E-state index contributed by atoms with van der Waals surface area (Å²) in [6.07, 6.45) is 8.74. The molecule has 4 aromatic rings. The van der Waals surface area contributed by atoms with Gasteiger partial charge in [0.2, 0.25) is 5.75 Å². The van der Waals surface area contributed by atoms with Gasteiger partial charge in [0.05, 0.1) is 46.5 Å². The van der Waals surface area contributed by atoms with Gasteiger partial charge < -0.3 is 24.3 Å². The third kappa shape index (κ3) is 3.41. The normalized spacial score (nSPS) is 10.7. The van der Waals surface area contributed by atoms with Gasteiger partial charge in [0.1, 0.15) is 5.75 Å². The lowest BCUT2D eigenvalue weighted by Crippen LogP contribution is -2.01. The number of fused-ring (bicyclic) bond motifs is 1. The monoisotopic (exact) mass is 407 g/mol. The van der Waals surface area contributed by atoms with E-state index in [9.17, 15) is 0 Å². The molecule has 4 rings (SSSR count). The van der Waals surface area contributed by atoms with Crippen molar-refractivity contribution in [1.29, 1.82) is 0 Å². The minimum absolute atomic E-state index is 0.519. The van der Waals surface area contributed by atoms with Crippen LogP contribution in [0.15, 0.2) is 49.2 Å². The predicted molar refractivity (Wildman–Crippen MR) is 112 cm³/mol. The molecule has 0 bridgehead atoms. The van der Waals surface area contributed by atoms with Crippen molar-refractivity contribution in [1.82, 2.24) is 19.4 Å². The number of benzene rings is 1. The average Bonchev–Trinajstić information content (AvgIpc) is 3.23. The number of pyridine rings is 1. The molecule has 0 aliphatic carbocycles. The molecule has 0 aliphatic heterocycles. The summed E-state index contributed by atoms with van der Waals surface area (Å²) >= 11 is 0. The molecule has 3 heterocycles. The second-order valence-electron chi connectivity index (χ2n) is 6.27. The van der Waals surface area contributed by atoms with Gasteiger partial charge in [-0.2, -0.15) is 0 Å². The van der Waals surface area contributed by atoms with Crippen molar-refractivity contribution in [3.8, 4) is 34.3 Å². The van der Waals surface area contributed by atoms with Gasteiger partial charge in [-0.15, -0.1) is 0 Å². The highest BCUT2D eigenvalue weighted by molar-refractivity contribution is 5.76. The van der Waals surface area contributed by atoms with Crippen molar-refractivity contribution in [3.05, 3.63) is 49.2 Å². The van der Waals surface area contributed by atoms with Crippen molar-refractivity contribution in [3.63, 3.8) is 0 Å². The second kappa shape index (κ2) is 8.16. The van der Waals surface area contributed by atoms with Crippen molar-refractivity contribution in [2.45, 2.75) is 0 Å². The minimum Gasteiger partial charge on any atom is -0.495 e. The van der Waals surface area contributed by atoms with Crippen LogP contribution in [0.5, 0.6) is 23.0 Å². The zero-order valence-electron chi connectivity index (χ0n) is 17.0. The quantitative estimate of drug-likeness (QED) is 0.497. The first-order valence-electron chi connectivity index (χ1n) is 9.07. The molecule has 0 radical (unpaired) electrons. The lowest BCUT2D eigenvalue weighted by Gasteiger charge is -2.15. The Labute approximate surface area is 173 Å². The number of ether oxygens (including phenoxy) is 4. The molecule has 0 amide bonds. The molecule has 0 aliphatic rings. The molecule has 0 atom stereocenters. The molecule has 0 fully saturated rings. The fourth-order valence-corrected chi connectivity index (χ4v) is 3.18. The van der Waals surface area contributed by atoms with E-state index in [2.05, 4.69) is 20.3 Å². The lowest BCUT2D eigenvalue weighted by molar-refractivity contribution is 0.324. The number of imidazole rings is 1. The van der Waals surface area contributed by atoms with E-state index in [1.165, 1.54) is 0 Å². The zero-order valence-corrected chi connectivity index (χ0v) is 17.0. The maximum absolute atomic E-state index is 5.42. The first-order valence-corrected chi connectivity index (χ1v) is 9.07. The molecule has 0 spiro atoms. The van der Waals surface area contributed by atoms with E-state index in [0.29, 0.717) is 34.5 Å². The molecule has 9 nitrogen and oxygen atoms in total. The van der Waals surface area contributed by atoms with Crippen LogP contribution in [-0.4, -0.2) is 47.8 Å². The third-order valence-corrected chi connectivity index (χ3v) is 4.60. The first kappa shape index (κ1) is 19.3. The van der Waals surface area contributed by atoms with Crippen molar-refractivity contribution in [2.75, 3.05) is 33.8 Å². The number of anilines is 2. The van der Waals surface area contributed by atoms with Crippen LogP contribution >= 0.6 is 0 Å². The smallest absolute Gasteiger partial charge is 0.203 e. The Balaban J connectivity index is 1.75. The fourth-order valence-electron chi connectivity index (χ4n) is 3.18. The molecule has 30 heavy (non-hydrogen) atoms. The van der Waals surface area contributed by atoms with Gasteiger partial charge in [-0.05, 0) is 6.07 Å². The van der Waals surface area contributed by atoms with Crippen molar-refractivity contribution >= 4 is 17.2 Å². The predicted octanol–water partition coefficient (Wildman–Crippen LogP) is 3.57. The van der Waals surface area contributed by atoms with Crippen LogP contribution in [0.25, 0.3) is 16.9 Å². The number of nitrogens with one attached hydrogen (secondary N) is 1. The van der Waals surface area contributed by atoms with E-state index in [-0.39, 0.29) is 0 Å². The van der Waals surface area contributed by atoms with E-state index >= 15 is 0 Å². The topological polar surface area (TPSA) is 92.0 Å². The van der Waals surface area contributed by atoms with Gasteiger partial charge >= 0.3 is 0 Å². The molecule has 3 aromatic heterocycles. The standard InChI is InChI=1S/C21H21N5O4/c1-27-15-7-13(10-22-11-15)16-12-24-21-20(23-5-6-26(16)21)25-14-8-17(28-2)19(30-4)18(9-14)29-3/h5-12H,1-4H3,(H,23,25). The van der Waals surface area contributed by atoms with Crippen molar-refractivity contribution in [2.24, 2.45) is 0 Å². The van der Waals surface area contributed by atoms with Crippen LogP contribution in [-0.2, 0) is 0 Å². The number of aromatic nitrogens is 4. The molecule has 0 saturated heterocycles. The summed E-state index contributed by atoms with van der Waals surface area (Å²) in [5.74, 6) is 2.85. The van der Waals surface area contributed by atoms with Crippen LogP contribution in [0, 0.1) is 0 Å². The van der Waals surface area contributed by atoms with Gasteiger partial charge in [-0.1, -0.05) is 0 Å². The fraction of sp³-hybridized carbons (Fsp3) is 0.190. The van der Waals surface area contributed by atoms with Gasteiger partial charge in [0.25, 0.3) is 0 Å². The maximum Gasteiger partial charge on any atom is 0.203 e. The third-order valence-electron chi connectivity index (χ3n) is 4.60. The molecular formula is C21H21N5O4. The summed E-state index contributed by atoms with van der Waals surface area (Å²) < 4.78 is 23.4. The molecule has 1 N–H and O–H groups in total. The SMILES string of the molecule is COc1cncc(-c2cnc3c(Nc4cc(OC)c(OC)c(OC)c4)nccn23)c1. The highest BCUT2D eigenvalue weighted by Gasteiger charge is 2.16. The number of hydrogen-bond donors (Lipinski definition) is 1. The highest BCUT2D eigenvalue weighted by Crippen LogP contribution is 2.40. The molecule has 0 unspecified atom stereocenters. The van der Waals surface area contributed by atoms with Gasteiger partial charge in [-0.25, -0.2) is 9.97 Å². The van der Waals surface area contributed by atoms with Gasteiger partial charge in [0.15, 0.2) is 23.0 Å². The van der Waals surface area contributed by atoms with E-state index in [4.69, 9.17) is 18.9 Å². The molecule has 154 valence electrons. The van der Waals surface area contributed by atoms with Crippen LogP contribution < -0.4 is 24.3 Å². The van der Waals surface area contributed by atoms with Gasteiger partial charge in [0, 0.05) is 42.0 Å². The Morgan fingerprint density at radius 1 is 0.833 bits per heavy atom. The summed E-state index contributed by atoms with van der Waals surface area (Å²) in [6, 6.07) is 5.52. The number of nitrogens with zero attached hydrogens (tertiary/aromatic N) is 4. The van der Waals surface area contributed by atoms with E-state index in [1.54, 1.807) is 53.2 Å². The lowest BCUT2D eigenvalue weighted by atomic mass is 10.2. The van der Waals surface area contributed by atoms with Crippen LogP contribution in [0.1, 0.15) is 0 Å². The van der Waals surface area contributed by atoms with Crippen LogP contribution in [0.2, 0.25) is 0 Å². The Morgan fingerprint density at radius 2 is 1.60 bits per heavy atom. The minimum atomic E-state index is 0.519. The highest BCUT2D eigenvalue weighted by atomic mass is 16.5.